The molecule has 0 radical (unpaired) electrons. The van der Waals surface area contributed by atoms with Gasteiger partial charge in [0.1, 0.15) is 11.6 Å². The van der Waals surface area contributed by atoms with Crippen LogP contribution >= 0.6 is 0 Å². The number of benzene rings is 1. The largest absolute Gasteiger partial charge is 0.356 e. The van der Waals surface area contributed by atoms with Crippen LogP contribution in [0.5, 0.6) is 0 Å². The van der Waals surface area contributed by atoms with Gasteiger partial charge < -0.3 is 10.2 Å². The van der Waals surface area contributed by atoms with Crippen molar-refractivity contribution in [2.24, 2.45) is 11.8 Å². The maximum Gasteiger partial charge on any atom is 0.224 e. The zero-order valence-electron chi connectivity index (χ0n) is 15.3. The van der Waals surface area contributed by atoms with Gasteiger partial charge in [0.25, 0.3) is 0 Å². The van der Waals surface area contributed by atoms with Crippen molar-refractivity contribution in [2.45, 2.75) is 26.7 Å². The van der Waals surface area contributed by atoms with Crippen LogP contribution in [0, 0.1) is 17.7 Å². The van der Waals surface area contributed by atoms with E-state index < -0.39 is 0 Å². The molecule has 1 fully saturated rings. The molecule has 6 heteroatoms. The number of rotatable bonds is 5. The van der Waals surface area contributed by atoms with Crippen LogP contribution < -0.4 is 10.2 Å². The van der Waals surface area contributed by atoms with Crippen molar-refractivity contribution in [2.75, 3.05) is 24.5 Å². The Labute approximate surface area is 153 Å². The number of aromatic nitrogens is 2. The second kappa shape index (κ2) is 8.25. The minimum atomic E-state index is -0.309. The van der Waals surface area contributed by atoms with E-state index >= 15 is 0 Å². The number of hydrogen-bond acceptors (Lipinski definition) is 4. The minimum absolute atomic E-state index is 0.0323. The second-order valence-corrected chi connectivity index (χ2v) is 7.17. The number of piperidine rings is 1. The lowest BCUT2D eigenvalue weighted by Crippen LogP contribution is -2.44. The van der Waals surface area contributed by atoms with Crippen molar-refractivity contribution in [3.63, 3.8) is 0 Å². The van der Waals surface area contributed by atoms with Gasteiger partial charge in [-0.15, -0.1) is 0 Å². The predicted molar refractivity (Wildman–Crippen MR) is 100 cm³/mol. The Morgan fingerprint density at radius 2 is 2.23 bits per heavy atom. The minimum Gasteiger partial charge on any atom is -0.356 e. The van der Waals surface area contributed by atoms with Gasteiger partial charge in [0.15, 0.2) is 5.82 Å². The first-order valence-corrected chi connectivity index (χ1v) is 9.14. The molecule has 0 spiro atoms. The number of hydrogen-bond donors (Lipinski definition) is 1. The van der Waals surface area contributed by atoms with Crippen LogP contribution in [-0.2, 0) is 4.79 Å². The van der Waals surface area contributed by atoms with Gasteiger partial charge in [0, 0.05) is 31.4 Å². The molecule has 1 aromatic carbocycles. The van der Waals surface area contributed by atoms with Gasteiger partial charge >= 0.3 is 0 Å². The molecule has 1 unspecified atom stereocenters. The summed E-state index contributed by atoms with van der Waals surface area (Å²) in [5.74, 6) is 1.48. The van der Waals surface area contributed by atoms with E-state index in [1.807, 2.05) is 6.07 Å². The highest BCUT2D eigenvalue weighted by Crippen LogP contribution is 2.24. The summed E-state index contributed by atoms with van der Waals surface area (Å²) in [6, 6.07) is 8.12. The number of nitrogens with zero attached hydrogens (tertiary/aromatic N) is 3. The summed E-state index contributed by atoms with van der Waals surface area (Å²) < 4.78 is 13.5. The van der Waals surface area contributed by atoms with Crippen LogP contribution in [0.3, 0.4) is 0 Å². The smallest absolute Gasteiger partial charge is 0.224 e. The molecule has 138 valence electrons. The summed E-state index contributed by atoms with van der Waals surface area (Å²) in [5.41, 5.74) is 0.648. The molecular formula is C20H25FN4O. The van der Waals surface area contributed by atoms with Gasteiger partial charge in [-0.05, 0) is 37.0 Å². The fourth-order valence-corrected chi connectivity index (χ4v) is 3.14. The summed E-state index contributed by atoms with van der Waals surface area (Å²) in [5, 5.41) is 3.03. The van der Waals surface area contributed by atoms with Crippen LogP contribution in [0.15, 0.2) is 36.5 Å². The highest BCUT2D eigenvalue weighted by atomic mass is 19.1. The molecule has 1 aromatic heterocycles. The van der Waals surface area contributed by atoms with E-state index in [-0.39, 0.29) is 17.6 Å². The highest BCUT2D eigenvalue weighted by Gasteiger charge is 2.26. The molecule has 1 atom stereocenters. The normalized spacial score (nSPS) is 17.4. The molecule has 1 amide bonds. The van der Waals surface area contributed by atoms with Crippen LogP contribution in [-0.4, -0.2) is 35.5 Å². The number of nitrogens with one attached hydrogen (secondary N) is 1. The Kier molecular flexibility index (Phi) is 5.81. The third kappa shape index (κ3) is 4.56. The fraction of sp³-hybridized carbons (Fsp3) is 0.450. The summed E-state index contributed by atoms with van der Waals surface area (Å²) in [4.78, 5) is 23.4. The molecular weight excluding hydrogens is 331 g/mol. The van der Waals surface area contributed by atoms with E-state index in [1.165, 1.54) is 12.1 Å². The zero-order chi connectivity index (χ0) is 18.5. The molecule has 2 heterocycles. The molecule has 0 aliphatic carbocycles. The van der Waals surface area contributed by atoms with E-state index in [2.05, 4.69) is 34.0 Å². The Morgan fingerprint density at radius 1 is 1.38 bits per heavy atom. The third-order valence-corrected chi connectivity index (χ3v) is 4.52. The van der Waals surface area contributed by atoms with Crippen molar-refractivity contribution in [1.82, 2.24) is 15.3 Å². The third-order valence-electron chi connectivity index (χ3n) is 4.52. The van der Waals surface area contributed by atoms with Gasteiger partial charge in [0.05, 0.1) is 5.92 Å². The van der Waals surface area contributed by atoms with Crippen molar-refractivity contribution < 1.29 is 9.18 Å². The van der Waals surface area contributed by atoms with Gasteiger partial charge in [0.2, 0.25) is 5.91 Å². The number of anilines is 1. The van der Waals surface area contributed by atoms with Crippen LogP contribution in [0.25, 0.3) is 11.4 Å². The van der Waals surface area contributed by atoms with Gasteiger partial charge in [-0.25, -0.2) is 14.4 Å². The van der Waals surface area contributed by atoms with E-state index in [4.69, 9.17) is 0 Å². The van der Waals surface area contributed by atoms with Crippen molar-refractivity contribution >= 4 is 11.7 Å². The number of carbonyl (C=O) groups is 1. The summed E-state index contributed by atoms with van der Waals surface area (Å²) in [6.07, 6.45) is 3.52. The lowest BCUT2D eigenvalue weighted by Gasteiger charge is -2.33. The van der Waals surface area contributed by atoms with E-state index in [0.29, 0.717) is 30.4 Å². The summed E-state index contributed by atoms with van der Waals surface area (Å²) in [7, 11) is 0. The number of carbonyl (C=O) groups excluding carboxylic acids is 1. The molecule has 1 aliphatic rings. The Bertz CT molecular complexity index is 765. The van der Waals surface area contributed by atoms with Crippen molar-refractivity contribution in [3.8, 4) is 11.4 Å². The SMILES string of the molecule is CC(C)CNC(=O)C1CCCN(c2ccnc(-c3cccc(F)c3)n2)C1. The maximum atomic E-state index is 13.5. The quantitative estimate of drug-likeness (QED) is 0.893. The van der Waals surface area contributed by atoms with Crippen LogP contribution in [0.4, 0.5) is 10.2 Å². The first kappa shape index (κ1) is 18.3. The van der Waals surface area contributed by atoms with Crippen molar-refractivity contribution in [3.05, 3.63) is 42.3 Å². The molecule has 3 rings (SSSR count). The number of amides is 1. The molecule has 0 bridgehead atoms. The fourth-order valence-electron chi connectivity index (χ4n) is 3.14. The highest BCUT2D eigenvalue weighted by molar-refractivity contribution is 5.79. The van der Waals surface area contributed by atoms with Gasteiger partial charge in [-0.3, -0.25) is 4.79 Å². The Hall–Kier alpha value is -2.50. The van der Waals surface area contributed by atoms with E-state index in [0.717, 1.165) is 25.2 Å². The second-order valence-electron chi connectivity index (χ2n) is 7.17. The summed E-state index contributed by atoms with van der Waals surface area (Å²) in [6.45, 7) is 6.37. The summed E-state index contributed by atoms with van der Waals surface area (Å²) >= 11 is 0. The molecule has 1 saturated heterocycles. The molecule has 5 nitrogen and oxygen atoms in total. The zero-order valence-corrected chi connectivity index (χ0v) is 15.3. The molecule has 1 aliphatic heterocycles. The first-order chi connectivity index (χ1) is 12.5. The van der Waals surface area contributed by atoms with Crippen LogP contribution in [0.1, 0.15) is 26.7 Å². The molecule has 0 saturated carbocycles. The molecule has 1 N–H and O–H groups in total. The first-order valence-electron chi connectivity index (χ1n) is 9.14. The average Bonchev–Trinajstić information content (AvgIpc) is 2.66. The predicted octanol–water partition coefficient (Wildman–Crippen LogP) is 3.27. The number of halogens is 1. The Balaban J connectivity index is 1.72. The molecule has 2 aromatic rings. The lowest BCUT2D eigenvalue weighted by atomic mass is 9.97. The Morgan fingerprint density at radius 3 is 3.00 bits per heavy atom. The van der Waals surface area contributed by atoms with Gasteiger partial charge in [-0.2, -0.15) is 0 Å². The van der Waals surface area contributed by atoms with Crippen LogP contribution in [0.2, 0.25) is 0 Å². The van der Waals surface area contributed by atoms with Gasteiger partial charge in [-0.1, -0.05) is 26.0 Å². The monoisotopic (exact) mass is 356 g/mol. The molecule has 26 heavy (non-hydrogen) atoms. The average molecular weight is 356 g/mol. The standard InChI is InChI=1S/C20H25FN4O/c1-14(2)12-23-20(26)16-6-4-10-25(13-16)18-8-9-22-19(24-18)15-5-3-7-17(21)11-15/h3,5,7-9,11,14,16H,4,6,10,12-13H2,1-2H3,(H,23,26). The maximum absolute atomic E-state index is 13.5. The lowest BCUT2D eigenvalue weighted by molar-refractivity contribution is -0.125. The van der Waals surface area contributed by atoms with E-state index in [1.54, 1.807) is 18.3 Å². The topological polar surface area (TPSA) is 58.1 Å². The van der Waals surface area contributed by atoms with Crippen molar-refractivity contribution in [1.29, 1.82) is 0 Å². The van der Waals surface area contributed by atoms with E-state index in [9.17, 15) is 9.18 Å².